The molecule has 1 unspecified atom stereocenters. The molecule has 12 nitrogen and oxygen atoms in total. The zero-order chi connectivity index (χ0) is 18.2. The van der Waals surface area contributed by atoms with Crippen molar-refractivity contribution < 1.29 is 59.9 Å². The van der Waals surface area contributed by atoms with Gasteiger partial charge in [-0.1, -0.05) is 0 Å². The Balaban J connectivity index is 2.26. The van der Waals surface area contributed by atoms with Crippen LogP contribution in [0.25, 0.3) is 0 Å². The molecule has 9 atom stereocenters. The van der Waals surface area contributed by atoms with Crippen molar-refractivity contribution in [2.75, 3.05) is 13.2 Å². The van der Waals surface area contributed by atoms with Gasteiger partial charge < -0.3 is 55.1 Å². The summed E-state index contributed by atoms with van der Waals surface area (Å²) in [5, 5.41) is 76.3. The van der Waals surface area contributed by atoms with Gasteiger partial charge in [-0.05, 0) is 0 Å². The summed E-state index contributed by atoms with van der Waals surface area (Å²) < 4.78 is 14.9. The summed E-state index contributed by atoms with van der Waals surface area (Å²) in [6.07, 6.45) is -14.2. The van der Waals surface area contributed by atoms with Gasteiger partial charge in [-0.3, -0.25) is 0 Å². The van der Waals surface area contributed by atoms with Crippen molar-refractivity contribution in [3.05, 3.63) is 0 Å². The summed E-state index contributed by atoms with van der Waals surface area (Å²) >= 11 is 0. The van der Waals surface area contributed by atoms with Crippen molar-refractivity contribution >= 4 is 5.97 Å². The van der Waals surface area contributed by atoms with Crippen LogP contribution in [0.1, 0.15) is 0 Å². The highest BCUT2D eigenvalue weighted by molar-refractivity contribution is 5.77. The zero-order valence-corrected chi connectivity index (χ0v) is 12.2. The van der Waals surface area contributed by atoms with Gasteiger partial charge in [0.1, 0.15) is 42.7 Å². The Kier molecular flexibility index (Phi) is 5.76. The van der Waals surface area contributed by atoms with E-state index in [1.165, 1.54) is 0 Å². The first-order valence-corrected chi connectivity index (χ1v) is 7.06. The van der Waals surface area contributed by atoms with Gasteiger partial charge in [0, 0.05) is 0 Å². The minimum atomic E-state index is -2.90. The fourth-order valence-electron chi connectivity index (χ4n) is 2.60. The molecule has 0 saturated carbocycles. The minimum absolute atomic E-state index is 0.782. The number of hydrogen-bond donors (Lipinski definition) is 8. The van der Waals surface area contributed by atoms with Crippen LogP contribution in [0.5, 0.6) is 0 Å². The lowest BCUT2D eigenvalue weighted by atomic mass is 9.99. The number of ether oxygens (including phenoxy) is 3. The van der Waals surface area contributed by atoms with Crippen LogP contribution in [-0.2, 0) is 19.0 Å². The number of aliphatic hydroxyl groups is 7. The van der Waals surface area contributed by atoms with Gasteiger partial charge in [0.05, 0.1) is 13.2 Å². The molecule has 2 heterocycles. The molecule has 0 aromatic carbocycles. The quantitative estimate of drug-likeness (QED) is 0.232. The number of carboxylic acid groups (broad SMARTS) is 1. The van der Waals surface area contributed by atoms with Crippen molar-refractivity contribution in [2.45, 2.75) is 54.8 Å². The van der Waals surface area contributed by atoms with Crippen LogP contribution in [0.15, 0.2) is 0 Å². The topological polar surface area (TPSA) is 207 Å². The van der Waals surface area contributed by atoms with Gasteiger partial charge in [0.15, 0.2) is 6.29 Å². The van der Waals surface area contributed by atoms with Gasteiger partial charge in [-0.15, -0.1) is 0 Å². The lowest BCUT2D eigenvalue weighted by Crippen LogP contribution is -2.63. The van der Waals surface area contributed by atoms with Crippen LogP contribution in [0.4, 0.5) is 0 Å². The second-order valence-corrected chi connectivity index (χ2v) is 5.56. The molecular weight excluding hydrogens is 336 g/mol. The molecule has 0 aromatic heterocycles. The van der Waals surface area contributed by atoms with Gasteiger partial charge in [0.25, 0.3) is 0 Å². The molecule has 2 saturated heterocycles. The molecule has 140 valence electrons. The van der Waals surface area contributed by atoms with E-state index in [4.69, 9.17) is 24.4 Å². The molecule has 2 aliphatic rings. The average Bonchev–Trinajstić information content (AvgIpc) is 2.81. The number of rotatable bonds is 5. The van der Waals surface area contributed by atoms with E-state index in [1.54, 1.807) is 0 Å². The van der Waals surface area contributed by atoms with E-state index in [0.29, 0.717) is 0 Å². The fourth-order valence-corrected chi connectivity index (χ4v) is 2.60. The molecule has 0 amide bonds. The highest BCUT2D eigenvalue weighted by atomic mass is 16.8. The van der Waals surface area contributed by atoms with Crippen LogP contribution in [0, 0.1) is 0 Å². The molecule has 0 bridgehead atoms. The Morgan fingerprint density at radius 1 is 0.917 bits per heavy atom. The molecule has 8 N–H and O–H groups in total. The fraction of sp³-hybridized carbons (Fsp3) is 0.917. The SMILES string of the molecule is O=C(O)[C@@]1(O[C@H]2O[C@H](CO)[C@@H](O)[C@H](O)[C@H]2O)O[C@H](CO)C(O)[C@H]1O. The third-order valence-electron chi connectivity index (χ3n) is 4.04. The third kappa shape index (κ3) is 3.01. The predicted octanol–water partition coefficient (Wildman–Crippen LogP) is -5.30. The van der Waals surface area contributed by atoms with E-state index in [0.717, 1.165) is 0 Å². The molecule has 0 radical (unpaired) electrons. The van der Waals surface area contributed by atoms with E-state index in [9.17, 15) is 35.4 Å². The lowest BCUT2D eigenvalue weighted by molar-refractivity contribution is -0.369. The Hall–Kier alpha value is -0.930. The van der Waals surface area contributed by atoms with Crippen molar-refractivity contribution in [2.24, 2.45) is 0 Å². The Morgan fingerprint density at radius 2 is 1.50 bits per heavy atom. The van der Waals surface area contributed by atoms with E-state index in [1.807, 2.05) is 0 Å². The maximum absolute atomic E-state index is 11.5. The molecule has 2 rings (SSSR count). The molecule has 2 aliphatic heterocycles. The van der Waals surface area contributed by atoms with Crippen LogP contribution in [-0.4, -0.2) is 115 Å². The molecule has 24 heavy (non-hydrogen) atoms. The predicted molar refractivity (Wildman–Crippen MR) is 69.2 cm³/mol. The molecule has 0 spiro atoms. The van der Waals surface area contributed by atoms with Crippen LogP contribution < -0.4 is 0 Å². The minimum Gasteiger partial charge on any atom is -0.477 e. The van der Waals surface area contributed by atoms with Crippen molar-refractivity contribution in [1.29, 1.82) is 0 Å². The van der Waals surface area contributed by atoms with Crippen molar-refractivity contribution in [3.8, 4) is 0 Å². The molecule has 0 aromatic rings. The molecular formula is C12H20O12. The Bertz CT molecular complexity index is 457. The monoisotopic (exact) mass is 356 g/mol. The summed E-state index contributed by atoms with van der Waals surface area (Å²) in [6, 6.07) is 0. The summed E-state index contributed by atoms with van der Waals surface area (Å²) in [5.74, 6) is -4.79. The van der Waals surface area contributed by atoms with Gasteiger partial charge in [-0.25, -0.2) is 4.79 Å². The highest BCUT2D eigenvalue weighted by Gasteiger charge is 2.63. The van der Waals surface area contributed by atoms with E-state index < -0.39 is 74.0 Å². The first kappa shape index (κ1) is 19.4. The zero-order valence-electron chi connectivity index (χ0n) is 12.2. The number of aliphatic carboxylic acids is 1. The summed E-state index contributed by atoms with van der Waals surface area (Å²) in [4.78, 5) is 11.5. The maximum Gasteiger partial charge on any atom is 0.367 e. The average molecular weight is 356 g/mol. The van der Waals surface area contributed by atoms with Crippen LogP contribution in [0.3, 0.4) is 0 Å². The molecule has 0 aliphatic carbocycles. The first-order chi connectivity index (χ1) is 11.2. The first-order valence-electron chi connectivity index (χ1n) is 7.06. The lowest BCUT2D eigenvalue weighted by Gasteiger charge is -2.42. The molecule has 2 fully saturated rings. The maximum atomic E-state index is 11.5. The smallest absolute Gasteiger partial charge is 0.367 e. The largest absolute Gasteiger partial charge is 0.477 e. The number of carboxylic acids is 1. The van der Waals surface area contributed by atoms with Crippen LogP contribution in [0.2, 0.25) is 0 Å². The van der Waals surface area contributed by atoms with Crippen LogP contribution >= 0.6 is 0 Å². The van der Waals surface area contributed by atoms with Crippen molar-refractivity contribution in [1.82, 2.24) is 0 Å². The second-order valence-electron chi connectivity index (χ2n) is 5.56. The normalized spacial score (nSPS) is 49.3. The van der Waals surface area contributed by atoms with E-state index in [-0.39, 0.29) is 0 Å². The molecule has 12 heteroatoms. The Labute approximate surface area is 135 Å². The number of hydrogen-bond acceptors (Lipinski definition) is 11. The number of aliphatic hydroxyl groups excluding tert-OH is 7. The second kappa shape index (κ2) is 7.13. The van der Waals surface area contributed by atoms with E-state index >= 15 is 0 Å². The highest BCUT2D eigenvalue weighted by Crippen LogP contribution is 2.36. The van der Waals surface area contributed by atoms with Gasteiger partial charge in [-0.2, -0.15) is 0 Å². The van der Waals surface area contributed by atoms with Gasteiger partial charge in [0.2, 0.25) is 0 Å². The van der Waals surface area contributed by atoms with E-state index in [2.05, 4.69) is 0 Å². The standard InChI is InChI=1S/C12H20O12/c13-1-3-5(15)7(17)8(18)10(22-3)24-12(11(20)21)9(19)6(16)4(2-14)23-12/h3-10,13-19H,1-2H2,(H,20,21)/t3-,4-,5-,6?,7+,8-,9-,10-,12-/m1/s1. The third-order valence-corrected chi connectivity index (χ3v) is 4.04. The summed E-state index contributed by atoms with van der Waals surface area (Å²) in [5.41, 5.74) is 0. The summed E-state index contributed by atoms with van der Waals surface area (Å²) in [7, 11) is 0. The van der Waals surface area contributed by atoms with Crippen molar-refractivity contribution in [3.63, 3.8) is 0 Å². The Morgan fingerprint density at radius 3 is 1.96 bits per heavy atom. The van der Waals surface area contributed by atoms with Gasteiger partial charge >= 0.3 is 11.8 Å². The summed E-state index contributed by atoms with van der Waals surface area (Å²) in [6.45, 7) is -1.61. The number of carbonyl (C=O) groups is 1.